The van der Waals surface area contributed by atoms with Gasteiger partial charge < -0.3 is 9.67 Å². The molecule has 1 aliphatic heterocycles. The van der Waals surface area contributed by atoms with Gasteiger partial charge in [-0.1, -0.05) is 30.4 Å². The lowest BCUT2D eigenvalue weighted by Crippen LogP contribution is -2.10. The first-order chi connectivity index (χ1) is 10.1. The van der Waals surface area contributed by atoms with Gasteiger partial charge in [-0.25, -0.2) is 0 Å². The molecule has 21 heavy (non-hydrogen) atoms. The zero-order valence-corrected chi connectivity index (χ0v) is 12.2. The lowest BCUT2D eigenvalue weighted by atomic mass is 10.1. The Labute approximate surface area is 124 Å². The van der Waals surface area contributed by atoms with Crippen molar-refractivity contribution in [2.45, 2.75) is 32.7 Å². The van der Waals surface area contributed by atoms with Gasteiger partial charge >= 0.3 is 5.97 Å². The molecule has 1 N–H and O–H groups in total. The van der Waals surface area contributed by atoms with E-state index >= 15 is 0 Å². The Morgan fingerprint density at radius 1 is 1.29 bits per heavy atom. The number of allylic oxidation sites excluding steroid dienone is 6. The van der Waals surface area contributed by atoms with Gasteiger partial charge in [0, 0.05) is 17.8 Å². The van der Waals surface area contributed by atoms with Gasteiger partial charge in [-0.2, -0.15) is 0 Å². The number of aromatic nitrogens is 1. The molecular weight excluding hydrogens is 266 g/mol. The largest absolute Gasteiger partial charge is 0.481 e. The molecule has 1 aromatic heterocycles. The first kappa shape index (κ1) is 15.0. The molecule has 0 radical (unpaired) electrons. The fraction of sp³-hybridized carbons (Fsp3) is 0.294. The van der Waals surface area contributed by atoms with Crippen molar-refractivity contribution < 1.29 is 14.7 Å². The average molecular weight is 285 g/mol. The third-order valence-corrected chi connectivity index (χ3v) is 3.70. The Bertz CT molecular complexity index is 647. The molecule has 1 aliphatic rings. The minimum atomic E-state index is -0.829. The van der Waals surface area contributed by atoms with E-state index in [0.717, 1.165) is 5.69 Å². The molecule has 1 aromatic rings. The summed E-state index contributed by atoms with van der Waals surface area (Å²) in [6.45, 7) is 4.31. The smallest absolute Gasteiger partial charge is 0.312 e. The molecule has 2 rings (SSSR count). The van der Waals surface area contributed by atoms with Gasteiger partial charge in [0.2, 0.25) is 5.78 Å². The quantitative estimate of drug-likeness (QED) is 0.513. The predicted octanol–water partition coefficient (Wildman–Crippen LogP) is 3.32. The highest BCUT2D eigenvalue weighted by Gasteiger charge is 2.31. The Hall–Kier alpha value is -2.36. The second-order valence-electron chi connectivity index (χ2n) is 4.93. The fourth-order valence-corrected chi connectivity index (χ4v) is 2.61. The van der Waals surface area contributed by atoms with Crippen LogP contribution in [0.25, 0.3) is 0 Å². The Morgan fingerprint density at radius 3 is 2.67 bits per heavy atom. The van der Waals surface area contributed by atoms with Crippen molar-refractivity contribution in [3.05, 3.63) is 59.5 Å². The molecule has 4 heteroatoms. The van der Waals surface area contributed by atoms with Gasteiger partial charge in [0.15, 0.2) is 0 Å². The van der Waals surface area contributed by atoms with Gasteiger partial charge in [0.1, 0.15) is 0 Å². The average Bonchev–Trinajstić information content (AvgIpc) is 3.03. The molecule has 110 valence electrons. The van der Waals surface area contributed by atoms with E-state index in [1.54, 1.807) is 24.3 Å². The summed E-state index contributed by atoms with van der Waals surface area (Å²) < 4.78 is 1.83. The van der Waals surface area contributed by atoms with Crippen LogP contribution < -0.4 is 0 Å². The van der Waals surface area contributed by atoms with Crippen molar-refractivity contribution >= 4 is 11.8 Å². The molecule has 0 aromatic carbocycles. The first-order valence-electron chi connectivity index (χ1n) is 7.02. The van der Waals surface area contributed by atoms with Crippen LogP contribution >= 0.6 is 0 Å². The number of aliphatic carboxylic acids is 1. The lowest BCUT2D eigenvalue weighted by molar-refractivity contribution is -0.138. The maximum atomic E-state index is 12.6. The minimum absolute atomic E-state index is 0.0736. The number of Topliss-reactive ketones (excluding diaryl/α,β-unsaturated/α-hetero) is 1. The van der Waals surface area contributed by atoms with Crippen LogP contribution in [-0.4, -0.2) is 21.4 Å². The molecule has 0 saturated carbocycles. The summed E-state index contributed by atoms with van der Waals surface area (Å²) in [5, 5.41) is 9.18. The molecule has 0 spiro atoms. The predicted molar refractivity (Wildman–Crippen MR) is 81.5 cm³/mol. The van der Waals surface area contributed by atoms with Crippen molar-refractivity contribution in [2.75, 3.05) is 0 Å². The summed E-state index contributed by atoms with van der Waals surface area (Å²) in [4.78, 5) is 23.7. The van der Waals surface area contributed by atoms with Crippen molar-refractivity contribution in [2.24, 2.45) is 0 Å². The van der Waals surface area contributed by atoms with Crippen LogP contribution in [-0.2, 0) is 11.3 Å². The van der Waals surface area contributed by atoms with E-state index in [-0.39, 0.29) is 5.78 Å². The number of carboxylic acids is 1. The van der Waals surface area contributed by atoms with E-state index in [0.29, 0.717) is 24.2 Å². The van der Waals surface area contributed by atoms with Gasteiger partial charge in [-0.15, -0.1) is 0 Å². The second-order valence-corrected chi connectivity index (χ2v) is 4.93. The van der Waals surface area contributed by atoms with Crippen LogP contribution in [0, 0.1) is 0 Å². The van der Waals surface area contributed by atoms with Crippen LogP contribution in [0.4, 0.5) is 0 Å². The number of carbonyl (C=O) groups excluding carboxylic acids is 1. The minimum Gasteiger partial charge on any atom is -0.481 e. The van der Waals surface area contributed by atoms with Crippen LogP contribution in [0.2, 0.25) is 0 Å². The summed E-state index contributed by atoms with van der Waals surface area (Å²) in [6.07, 6.45) is 9.66. The van der Waals surface area contributed by atoms with E-state index in [4.69, 9.17) is 0 Å². The van der Waals surface area contributed by atoms with E-state index in [9.17, 15) is 14.7 Å². The molecular formula is C17H19NO3. The van der Waals surface area contributed by atoms with Gasteiger partial charge in [-0.3, -0.25) is 9.59 Å². The van der Waals surface area contributed by atoms with E-state index in [1.165, 1.54) is 0 Å². The number of hydrogen-bond donors (Lipinski definition) is 1. The Kier molecular flexibility index (Phi) is 4.58. The topological polar surface area (TPSA) is 59.3 Å². The Morgan fingerprint density at radius 2 is 2.05 bits per heavy atom. The molecule has 2 heterocycles. The summed E-state index contributed by atoms with van der Waals surface area (Å²) in [5.41, 5.74) is 1.89. The van der Waals surface area contributed by atoms with Crippen LogP contribution in [0.1, 0.15) is 42.4 Å². The van der Waals surface area contributed by atoms with Crippen molar-refractivity contribution in [1.29, 1.82) is 0 Å². The molecule has 0 saturated heterocycles. The molecule has 4 nitrogen and oxygen atoms in total. The number of fused-ring (bicyclic) bond motifs is 1. The van der Waals surface area contributed by atoms with Gasteiger partial charge in [-0.05, 0) is 32.4 Å². The van der Waals surface area contributed by atoms with E-state index < -0.39 is 11.9 Å². The number of nitrogens with zero attached hydrogens (tertiary/aromatic N) is 1. The summed E-state index contributed by atoms with van der Waals surface area (Å²) in [6, 6.07) is 3.47. The number of carbonyl (C=O) groups is 2. The van der Waals surface area contributed by atoms with Crippen molar-refractivity contribution in [3.8, 4) is 0 Å². The lowest BCUT2D eigenvalue weighted by Gasteiger charge is -2.06. The Balaban J connectivity index is 2.30. The highest BCUT2D eigenvalue weighted by Crippen LogP contribution is 2.31. The normalized spacial score (nSPS) is 18.6. The fourth-order valence-electron chi connectivity index (χ4n) is 2.61. The zero-order valence-electron chi connectivity index (χ0n) is 12.2. The summed E-state index contributed by atoms with van der Waals surface area (Å²) >= 11 is 0. The number of carboxylic acid groups (broad SMARTS) is 1. The number of hydrogen-bond acceptors (Lipinski definition) is 2. The maximum absolute atomic E-state index is 12.6. The number of ketones is 1. The van der Waals surface area contributed by atoms with E-state index in [1.807, 2.05) is 36.6 Å². The number of rotatable bonds is 5. The third kappa shape index (κ3) is 2.89. The molecule has 0 unspecified atom stereocenters. The van der Waals surface area contributed by atoms with Crippen LogP contribution in [0.15, 0.2) is 48.1 Å². The second kappa shape index (κ2) is 6.39. The standard InChI is InChI=1S/C17H19NO3/c1-3-5-6-7-12(4-2)16(19)15-9-8-14-13(17(20)21)10-11-18(14)15/h3-9,13H,10-11H2,1-2H3,(H,20,21)/b5-3-,7-6-,12-4+/t13-/m1/s1. The molecule has 0 aliphatic carbocycles. The van der Waals surface area contributed by atoms with Gasteiger partial charge in [0.25, 0.3) is 0 Å². The maximum Gasteiger partial charge on any atom is 0.312 e. The monoisotopic (exact) mass is 285 g/mol. The SMILES string of the molecule is C\C=C/C=C\C(=C/C)C(=O)c1ccc2n1CC[C@H]2C(=O)O. The highest BCUT2D eigenvalue weighted by atomic mass is 16.4. The summed E-state index contributed by atoms with van der Waals surface area (Å²) in [5.74, 6) is -1.40. The van der Waals surface area contributed by atoms with Crippen molar-refractivity contribution in [1.82, 2.24) is 4.57 Å². The molecule has 0 fully saturated rings. The highest BCUT2D eigenvalue weighted by molar-refractivity contribution is 6.09. The van der Waals surface area contributed by atoms with Crippen molar-refractivity contribution in [3.63, 3.8) is 0 Å². The first-order valence-corrected chi connectivity index (χ1v) is 7.02. The molecule has 0 bridgehead atoms. The van der Waals surface area contributed by atoms with Crippen LogP contribution in [0.3, 0.4) is 0 Å². The van der Waals surface area contributed by atoms with Gasteiger partial charge in [0.05, 0.1) is 11.6 Å². The van der Waals surface area contributed by atoms with Crippen LogP contribution in [0.5, 0.6) is 0 Å². The van der Waals surface area contributed by atoms with E-state index in [2.05, 4.69) is 0 Å². The molecule has 1 atom stereocenters. The molecule has 0 amide bonds. The third-order valence-electron chi connectivity index (χ3n) is 3.70. The zero-order chi connectivity index (χ0) is 15.4. The summed E-state index contributed by atoms with van der Waals surface area (Å²) in [7, 11) is 0.